The van der Waals surface area contributed by atoms with E-state index in [0.717, 1.165) is 5.56 Å². The highest BCUT2D eigenvalue weighted by molar-refractivity contribution is 7.98. The number of amides is 6. The zero-order valence-corrected chi connectivity index (χ0v) is 31.9. The number of nitrogens with two attached hydrogens (primary N) is 1. The predicted molar refractivity (Wildman–Crippen MR) is 200 cm³/mol. The second-order valence-corrected chi connectivity index (χ2v) is 14.9. The van der Waals surface area contributed by atoms with Crippen molar-refractivity contribution in [3.63, 3.8) is 0 Å². The van der Waals surface area contributed by atoms with E-state index in [0.29, 0.717) is 17.7 Å². The second-order valence-electron chi connectivity index (χ2n) is 13.9. The van der Waals surface area contributed by atoms with Crippen molar-refractivity contribution in [1.29, 1.82) is 0 Å². The first-order valence-electron chi connectivity index (χ1n) is 17.1. The van der Waals surface area contributed by atoms with Gasteiger partial charge in [-0.15, -0.1) is 0 Å². The summed E-state index contributed by atoms with van der Waals surface area (Å²) in [6.45, 7) is 8.27. The van der Waals surface area contributed by atoms with Gasteiger partial charge in [-0.3, -0.25) is 24.0 Å². The van der Waals surface area contributed by atoms with E-state index in [1.165, 1.54) is 35.8 Å². The fraction of sp³-hybridized carbons (Fsp3) is 0.514. The molecular formula is C37H54N6O8S. The number of carbonyl (C=O) groups is 6. The molecule has 2 aromatic rings. The summed E-state index contributed by atoms with van der Waals surface area (Å²) >= 11 is 1.51. The minimum absolute atomic E-state index is 0.0307. The molecular weight excluding hydrogens is 689 g/mol. The summed E-state index contributed by atoms with van der Waals surface area (Å²) in [5.74, 6) is -2.57. The van der Waals surface area contributed by atoms with Crippen LogP contribution in [-0.2, 0) is 41.6 Å². The Kier molecular flexibility index (Phi) is 17.4. The minimum atomic E-state index is -1.15. The van der Waals surface area contributed by atoms with Crippen molar-refractivity contribution in [3.05, 3.63) is 65.7 Å². The molecule has 0 saturated heterocycles. The maximum atomic E-state index is 13.7. The van der Waals surface area contributed by atoms with Crippen molar-refractivity contribution < 1.29 is 38.6 Å². The quantitative estimate of drug-likeness (QED) is 0.125. The molecule has 0 saturated carbocycles. The van der Waals surface area contributed by atoms with Gasteiger partial charge in [-0.25, -0.2) is 4.79 Å². The summed E-state index contributed by atoms with van der Waals surface area (Å²) in [5.41, 5.74) is 6.18. The third-order valence-electron chi connectivity index (χ3n) is 7.80. The summed E-state index contributed by atoms with van der Waals surface area (Å²) in [6, 6.07) is 11.0. The largest absolute Gasteiger partial charge is 0.508 e. The zero-order chi connectivity index (χ0) is 39.0. The molecule has 15 heteroatoms. The molecule has 0 heterocycles. The van der Waals surface area contributed by atoms with E-state index in [2.05, 4.69) is 21.3 Å². The molecule has 0 fully saturated rings. The van der Waals surface area contributed by atoms with Crippen molar-refractivity contribution >= 4 is 47.4 Å². The Hall–Kier alpha value is -4.79. The number of rotatable bonds is 19. The van der Waals surface area contributed by atoms with Gasteiger partial charge in [0.05, 0.1) is 6.54 Å². The molecule has 0 aliphatic rings. The Labute approximate surface area is 310 Å². The molecule has 0 spiro atoms. The van der Waals surface area contributed by atoms with Crippen LogP contribution in [0.15, 0.2) is 54.6 Å². The third kappa shape index (κ3) is 15.6. The van der Waals surface area contributed by atoms with Gasteiger partial charge in [0.2, 0.25) is 29.5 Å². The van der Waals surface area contributed by atoms with E-state index in [1.54, 1.807) is 57.2 Å². The Morgan fingerprint density at radius 1 is 0.846 bits per heavy atom. The number of nitrogens with one attached hydrogen (secondary N) is 4. The number of benzene rings is 2. The van der Waals surface area contributed by atoms with Gasteiger partial charge < -0.3 is 41.7 Å². The maximum absolute atomic E-state index is 13.7. The molecule has 7 N–H and O–H groups in total. The fourth-order valence-electron chi connectivity index (χ4n) is 5.24. The molecule has 0 radical (unpaired) electrons. The van der Waals surface area contributed by atoms with Gasteiger partial charge >= 0.3 is 6.09 Å². The van der Waals surface area contributed by atoms with Crippen LogP contribution in [-0.4, -0.2) is 101 Å². The number of carbonyl (C=O) groups excluding carboxylic acids is 6. The van der Waals surface area contributed by atoms with Crippen molar-refractivity contribution in [2.24, 2.45) is 11.7 Å². The fourth-order valence-corrected chi connectivity index (χ4v) is 5.70. The number of alkyl carbamates (subject to hydrolysis) is 1. The Morgan fingerprint density at radius 3 is 2.00 bits per heavy atom. The first-order chi connectivity index (χ1) is 24.4. The first kappa shape index (κ1) is 43.4. The summed E-state index contributed by atoms with van der Waals surface area (Å²) in [7, 11) is 1.47. The first-order valence-corrected chi connectivity index (χ1v) is 18.5. The standard InChI is InChI=1S/C37H54N6O8S/c1-23(2)19-27(41-34(48)28(42-36(50)51-37(3,4)5)20-25-13-15-26(44)16-14-25)33(47)39-22-31(45)40-29(21-24-11-9-8-10-12-24)35(49)43(6)30(32(38)46)17-18-52-7/h8-16,23,27-30,44H,17-22H2,1-7H3,(H2,38,46)(H,39,47)(H,40,45)(H,41,48)(H,42,50)/t27-,28+,29+,30+/m1/s1. The molecule has 0 aromatic heterocycles. The second kappa shape index (κ2) is 20.9. The molecule has 52 heavy (non-hydrogen) atoms. The van der Waals surface area contributed by atoms with Crippen molar-refractivity contribution in [2.45, 2.75) is 90.1 Å². The highest BCUT2D eigenvalue weighted by Crippen LogP contribution is 2.15. The number of phenolic OH excluding ortho intramolecular Hbond substituents is 1. The van der Waals surface area contributed by atoms with Crippen LogP contribution in [0.3, 0.4) is 0 Å². The molecule has 4 atom stereocenters. The summed E-state index contributed by atoms with van der Waals surface area (Å²) < 4.78 is 5.35. The highest BCUT2D eigenvalue weighted by Gasteiger charge is 2.32. The van der Waals surface area contributed by atoms with Crippen LogP contribution < -0.4 is 27.0 Å². The lowest BCUT2D eigenvalue weighted by Crippen LogP contribution is -2.57. The monoisotopic (exact) mass is 742 g/mol. The number of thioether (sulfide) groups is 1. The summed E-state index contributed by atoms with van der Waals surface area (Å²) in [4.78, 5) is 80.1. The summed E-state index contributed by atoms with van der Waals surface area (Å²) in [5, 5.41) is 20.2. The van der Waals surface area contributed by atoms with Gasteiger partial charge in [-0.05, 0) is 74.8 Å². The molecule has 2 rings (SSSR count). The number of aromatic hydroxyl groups is 1. The number of hydrogen-bond acceptors (Lipinski definition) is 9. The van der Waals surface area contributed by atoms with Crippen LogP contribution in [0.1, 0.15) is 58.6 Å². The lowest BCUT2D eigenvalue weighted by atomic mass is 10.0. The molecule has 14 nitrogen and oxygen atoms in total. The third-order valence-corrected chi connectivity index (χ3v) is 8.45. The molecule has 6 amide bonds. The lowest BCUT2D eigenvalue weighted by molar-refractivity contribution is -0.141. The van der Waals surface area contributed by atoms with E-state index in [4.69, 9.17) is 10.5 Å². The molecule has 286 valence electrons. The number of phenols is 1. The normalized spacial score (nSPS) is 13.5. The van der Waals surface area contributed by atoms with E-state index in [1.807, 2.05) is 26.2 Å². The average Bonchev–Trinajstić information content (AvgIpc) is 3.06. The van der Waals surface area contributed by atoms with Crippen molar-refractivity contribution in [1.82, 2.24) is 26.2 Å². The van der Waals surface area contributed by atoms with Crippen LogP contribution in [0.4, 0.5) is 4.79 Å². The van der Waals surface area contributed by atoms with Crippen LogP contribution in [0.25, 0.3) is 0 Å². The average molecular weight is 743 g/mol. The van der Waals surface area contributed by atoms with Gasteiger partial charge in [-0.2, -0.15) is 11.8 Å². The van der Waals surface area contributed by atoms with Crippen LogP contribution >= 0.6 is 11.8 Å². The van der Waals surface area contributed by atoms with Gasteiger partial charge in [0, 0.05) is 19.9 Å². The SMILES string of the molecule is CSCC[C@@H](C(N)=O)N(C)C(=O)[C@H](Cc1ccccc1)NC(=O)CNC(=O)[C@@H](CC(C)C)NC(=O)[C@H](Cc1ccc(O)cc1)NC(=O)OC(C)(C)C. The molecule has 0 bridgehead atoms. The van der Waals surface area contributed by atoms with E-state index >= 15 is 0 Å². The molecule has 0 aliphatic carbocycles. The van der Waals surface area contributed by atoms with Crippen LogP contribution in [0.2, 0.25) is 0 Å². The van der Waals surface area contributed by atoms with Crippen LogP contribution in [0, 0.1) is 5.92 Å². The number of ether oxygens (including phenoxy) is 1. The van der Waals surface area contributed by atoms with Crippen molar-refractivity contribution in [3.8, 4) is 5.75 Å². The molecule has 2 aromatic carbocycles. The number of primary amides is 1. The van der Waals surface area contributed by atoms with E-state index in [-0.39, 0.29) is 30.9 Å². The van der Waals surface area contributed by atoms with Gasteiger partial charge in [0.15, 0.2) is 0 Å². The van der Waals surface area contributed by atoms with Gasteiger partial charge in [0.25, 0.3) is 0 Å². The topological polar surface area (TPSA) is 209 Å². The van der Waals surface area contributed by atoms with Gasteiger partial charge in [0.1, 0.15) is 35.5 Å². The Bertz CT molecular complexity index is 1500. The number of hydrogen-bond donors (Lipinski definition) is 6. The summed E-state index contributed by atoms with van der Waals surface area (Å²) in [6.07, 6.45) is 1.75. The van der Waals surface area contributed by atoms with E-state index in [9.17, 15) is 33.9 Å². The zero-order valence-electron chi connectivity index (χ0n) is 31.1. The smallest absolute Gasteiger partial charge is 0.408 e. The van der Waals surface area contributed by atoms with Crippen molar-refractivity contribution in [2.75, 3.05) is 25.6 Å². The lowest BCUT2D eigenvalue weighted by Gasteiger charge is -2.30. The highest BCUT2D eigenvalue weighted by atomic mass is 32.2. The van der Waals surface area contributed by atoms with Crippen LogP contribution in [0.5, 0.6) is 5.75 Å². The number of likely N-dealkylation sites (N-methyl/N-ethyl adjacent to an activating group) is 1. The molecule has 0 aliphatic heterocycles. The maximum Gasteiger partial charge on any atom is 0.408 e. The van der Waals surface area contributed by atoms with Gasteiger partial charge in [-0.1, -0.05) is 56.3 Å². The minimum Gasteiger partial charge on any atom is -0.508 e. The Balaban J connectivity index is 2.21. The Morgan fingerprint density at radius 2 is 1.44 bits per heavy atom. The predicted octanol–water partition coefficient (Wildman–Crippen LogP) is 2.27. The molecule has 0 unspecified atom stereocenters. The number of nitrogens with zero attached hydrogens (tertiary/aromatic N) is 1. The van der Waals surface area contributed by atoms with E-state index < -0.39 is 71.9 Å².